The summed E-state index contributed by atoms with van der Waals surface area (Å²) in [4.78, 5) is 17.1. The molecule has 1 aromatic rings. The van der Waals surface area contributed by atoms with Gasteiger partial charge in [0.05, 0.1) is 5.54 Å². The topological polar surface area (TPSA) is 44.8 Å². The Bertz CT molecular complexity index is 609. The number of hydrogen-bond donors (Lipinski definition) is 1. The van der Waals surface area contributed by atoms with Crippen molar-refractivity contribution in [3.63, 3.8) is 0 Å². The first-order valence-electron chi connectivity index (χ1n) is 9.14. The van der Waals surface area contributed by atoms with Gasteiger partial charge in [0.1, 0.15) is 12.4 Å². The lowest BCUT2D eigenvalue weighted by atomic mass is 9.98. The van der Waals surface area contributed by atoms with Crippen molar-refractivity contribution in [2.24, 2.45) is 0 Å². The maximum atomic E-state index is 12.7. The third-order valence-electron chi connectivity index (χ3n) is 5.30. The van der Waals surface area contributed by atoms with Gasteiger partial charge in [-0.15, -0.1) is 0 Å². The molecule has 0 radical (unpaired) electrons. The number of hydrogen-bond acceptors (Lipinski definition) is 4. The molecule has 1 amide bonds. The third kappa shape index (κ3) is 4.46. The van der Waals surface area contributed by atoms with Crippen LogP contribution in [0.4, 0.5) is 0 Å². The highest BCUT2D eigenvalue weighted by molar-refractivity contribution is 6.30. The number of ether oxygens (including phenoxy) is 1. The lowest BCUT2D eigenvalue weighted by molar-refractivity contribution is -0.139. The summed E-state index contributed by atoms with van der Waals surface area (Å²) in [5, 5.41) is 4.10. The first-order chi connectivity index (χ1) is 12.0. The van der Waals surface area contributed by atoms with E-state index in [9.17, 15) is 4.79 Å². The molecule has 3 rings (SSSR count). The fourth-order valence-electron chi connectivity index (χ4n) is 3.66. The average molecular weight is 366 g/mol. The minimum absolute atomic E-state index is 0.262. The van der Waals surface area contributed by atoms with E-state index in [0.717, 1.165) is 68.4 Å². The van der Waals surface area contributed by atoms with Crippen LogP contribution in [0.25, 0.3) is 0 Å². The second-order valence-corrected chi connectivity index (χ2v) is 7.69. The smallest absolute Gasteiger partial charge is 0.242 e. The van der Waals surface area contributed by atoms with E-state index in [1.54, 1.807) is 0 Å². The summed E-state index contributed by atoms with van der Waals surface area (Å²) in [6, 6.07) is 5.69. The molecule has 6 heteroatoms. The van der Waals surface area contributed by atoms with Crippen LogP contribution in [0.3, 0.4) is 0 Å². The van der Waals surface area contributed by atoms with Gasteiger partial charge in [-0.1, -0.05) is 11.6 Å². The highest BCUT2D eigenvalue weighted by Gasteiger charge is 2.39. The van der Waals surface area contributed by atoms with E-state index in [0.29, 0.717) is 6.61 Å². The molecule has 0 bridgehead atoms. The number of rotatable bonds is 5. The molecule has 2 aliphatic heterocycles. The maximum absolute atomic E-state index is 12.7. The highest BCUT2D eigenvalue weighted by atomic mass is 35.5. The molecule has 2 saturated heterocycles. The monoisotopic (exact) mass is 365 g/mol. The molecule has 25 heavy (non-hydrogen) atoms. The van der Waals surface area contributed by atoms with Crippen LogP contribution in [0.15, 0.2) is 18.2 Å². The first kappa shape index (κ1) is 18.5. The molecule has 1 N–H and O–H groups in total. The Morgan fingerprint density at radius 1 is 1.32 bits per heavy atom. The number of nitrogens with zero attached hydrogens (tertiary/aromatic N) is 2. The van der Waals surface area contributed by atoms with Crippen molar-refractivity contribution in [1.82, 2.24) is 15.1 Å². The van der Waals surface area contributed by atoms with E-state index in [-0.39, 0.29) is 11.4 Å². The normalized spacial score (nSPS) is 24.5. The van der Waals surface area contributed by atoms with Gasteiger partial charge in [-0.25, -0.2) is 0 Å². The summed E-state index contributed by atoms with van der Waals surface area (Å²) in [5.74, 6) is 1.15. The molecule has 1 atom stereocenters. The first-order valence-corrected chi connectivity index (χ1v) is 9.51. The van der Waals surface area contributed by atoms with Crippen LogP contribution in [0.1, 0.15) is 25.3 Å². The Labute approximate surface area is 155 Å². The van der Waals surface area contributed by atoms with Crippen LogP contribution < -0.4 is 10.1 Å². The van der Waals surface area contributed by atoms with Crippen molar-refractivity contribution in [3.8, 4) is 5.75 Å². The molecule has 0 aliphatic carbocycles. The molecule has 2 fully saturated rings. The zero-order valence-electron chi connectivity index (χ0n) is 15.2. The van der Waals surface area contributed by atoms with Crippen LogP contribution in [-0.2, 0) is 4.79 Å². The Morgan fingerprint density at radius 2 is 2.08 bits per heavy atom. The minimum Gasteiger partial charge on any atom is -0.492 e. The molecule has 0 saturated carbocycles. The molecule has 5 nitrogen and oxygen atoms in total. The molecule has 2 aliphatic rings. The number of amides is 1. The van der Waals surface area contributed by atoms with Gasteiger partial charge < -0.3 is 15.0 Å². The zero-order chi connectivity index (χ0) is 17.9. The van der Waals surface area contributed by atoms with Crippen LogP contribution in [0.5, 0.6) is 5.75 Å². The van der Waals surface area contributed by atoms with E-state index in [1.165, 1.54) is 0 Å². The molecular weight excluding hydrogens is 338 g/mol. The summed E-state index contributed by atoms with van der Waals surface area (Å²) >= 11 is 5.97. The van der Waals surface area contributed by atoms with E-state index < -0.39 is 0 Å². The Morgan fingerprint density at radius 3 is 2.72 bits per heavy atom. The standard InChI is InChI=1S/C19H28ClN3O2/c1-15-14-16(20)4-5-17(15)25-13-12-22-8-10-23(11-9-22)18(24)19(2)6-3-7-21-19/h4-5,14,21H,3,6-13H2,1-2H3/t19-/m1/s1. The Balaban J connectivity index is 1.41. The van der Waals surface area contributed by atoms with Crippen molar-refractivity contribution in [1.29, 1.82) is 0 Å². The predicted molar refractivity (Wildman–Crippen MR) is 100 cm³/mol. The van der Waals surface area contributed by atoms with Crippen LogP contribution in [-0.4, -0.2) is 67.1 Å². The van der Waals surface area contributed by atoms with Gasteiger partial charge in [0, 0.05) is 37.7 Å². The fourth-order valence-corrected chi connectivity index (χ4v) is 3.89. The largest absolute Gasteiger partial charge is 0.492 e. The lowest BCUT2D eigenvalue weighted by Crippen LogP contribution is -2.58. The van der Waals surface area contributed by atoms with E-state index in [2.05, 4.69) is 10.2 Å². The lowest BCUT2D eigenvalue weighted by Gasteiger charge is -2.38. The molecule has 0 spiro atoms. The van der Waals surface area contributed by atoms with Crippen molar-refractivity contribution in [3.05, 3.63) is 28.8 Å². The minimum atomic E-state index is -0.350. The number of carbonyl (C=O) groups excluding carboxylic acids is 1. The van der Waals surface area contributed by atoms with Gasteiger partial charge in [0.25, 0.3) is 0 Å². The van der Waals surface area contributed by atoms with Gasteiger partial charge in [-0.3, -0.25) is 9.69 Å². The molecular formula is C19H28ClN3O2. The molecule has 0 unspecified atom stereocenters. The molecule has 0 aromatic heterocycles. The van der Waals surface area contributed by atoms with Crippen LogP contribution in [0, 0.1) is 6.92 Å². The van der Waals surface area contributed by atoms with Gasteiger partial charge in [-0.05, 0) is 57.0 Å². The average Bonchev–Trinajstić information content (AvgIpc) is 3.05. The summed E-state index contributed by atoms with van der Waals surface area (Å²) in [6.45, 7) is 9.93. The van der Waals surface area contributed by atoms with E-state index >= 15 is 0 Å². The zero-order valence-corrected chi connectivity index (χ0v) is 15.9. The maximum Gasteiger partial charge on any atom is 0.242 e. The number of carbonyl (C=O) groups is 1. The number of halogens is 1. The SMILES string of the molecule is Cc1cc(Cl)ccc1OCCN1CCN(C(=O)[C@@]2(C)CCCN2)CC1. The van der Waals surface area contributed by atoms with Gasteiger partial charge in [0.15, 0.2) is 0 Å². The Kier molecular flexibility index (Phi) is 5.87. The molecule has 138 valence electrons. The number of piperazine rings is 1. The third-order valence-corrected chi connectivity index (χ3v) is 5.54. The molecule has 2 heterocycles. The fraction of sp³-hybridized carbons (Fsp3) is 0.632. The summed E-state index contributed by atoms with van der Waals surface area (Å²) in [6.07, 6.45) is 2.03. The quantitative estimate of drug-likeness (QED) is 0.869. The van der Waals surface area contributed by atoms with E-state index in [1.807, 2.05) is 36.9 Å². The highest BCUT2D eigenvalue weighted by Crippen LogP contribution is 2.23. The predicted octanol–water partition coefficient (Wildman–Crippen LogP) is 2.31. The second kappa shape index (κ2) is 7.94. The number of nitrogens with one attached hydrogen (secondary N) is 1. The van der Waals surface area contributed by atoms with Crippen molar-refractivity contribution >= 4 is 17.5 Å². The van der Waals surface area contributed by atoms with Gasteiger partial charge >= 0.3 is 0 Å². The Hall–Kier alpha value is -1.30. The number of aryl methyl sites for hydroxylation is 1. The second-order valence-electron chi connectivity index (χ2n) is 7.25. The summed E-state index contributed by atoms with van der Waals surface area (Å²) in [5.41, 5.74) is 0.706. The van der Waals surface area contributed by atoms with Crippen molar-refractivity contribution in [2.45, 2.75) is 32.2 Å². The van der Waals surface area contributed by atoms with Gasteiger partial charge in [0.2, 0.25) is 5.91 Å². The summed E-state index contributed by atoms with van der Waals surface area (Å²) < 4.78 is 5.88. The van der Waals surface area contributed by atoms with Crippen molar-refractivity contribution < 1.29 is 9.53 Å². The van der Waals surface area contributed by atoms with Crippen LogP contribution in [0.2, 0.25) is 5.02 Å². The molecule has 1 aromatic carbocycles. The van der Waals surface area contributed by atoms with Crippen LogP contribution >= 0.6 is 11.6 Å². The summed E-state index contributed by atoms with van der Waals surface area (Å²) in [7, 11) is 0. The van der Waals surface area contributed by atoms with E-state index in [4.69, 9.17) is 16.3 Å². The van der Waals surface area contributed by atoms with Crippen molar-refractivity contribution in [2.75, 3.05) is 45.9 Å². The van der Waals surface area contributed by atoms with Gasteiger partial charge in [-0.2, -0.15) is 0 Å². The number of benzene rings is 1.